The minimum Gasteiger partial charge on any atom is -0.397 e. The SMILES string of the molecule is Cc1cc(-c2cnc(Nc3cc(N)c(N(C)CCN(C)C)cc3C)nc2-c2cn3c4c(cccc24)CCC3)n(C)n1.N=N/N=N/N=N/N=N/N=N/N=N/N=N/N=N/N=N/N=N/N=N/N=N/N=N/N=N/N=N/N=N/N=N/N=N/N=N/N=N/N=N/N=N/N=N/N=N/N=N/N=N/N=N/N=N/N=N/N=N/N=N/N=N/N=N/N=N/N=N/N=N/N=N/N=N/N=N/N. The van der Waals surface area contributed by atoms with E-state index in [1.54, 1.807) is 0 Å². The first-order valence-corrected chi connectivity index (χ1v) is 29.9. The van der Waals surface area contributed by atoms with E-state index >= 15 is 0 Å². The Kier molecular flexibility index (Phi) is 45.8. The van der Waals surface area contributed by atoms with Gasteiger partial charge in [0, 0.05) is 387 Å². The molecule has 0 spiro atoms. The molecule has 0 radical (unpaired) electrons. The number of nitrogens with two attached hydrogens (primary N) is 2. The summed E-state index contributed by atoms with van der Waals surface area (Å²) in [4.78, 5) is 14.3. The molecular weight excluding hydrogens is 1620 g/mol. The van der Waals surface area contributed by atoms with Crippen LogP contribution in [0.1, 0.15) is 23.2 Å². The molecule has 0 unspecified atom stereocenters. The molecule has 610 valence electrons. The van der Waals surface area contributed by atoms with Crippen molar-refractivity contribution in [1.29, 1.82) is 5.53 Å². The van der Waals surface area contributed by atoms with Crippen LogP contribution in [0.5, 0.6) is 0 Å². The lowest BCUT2D eigenvalue weighted by Gasteiger charge is -2.24. The van der Waals surface area contributed by atoms with E-state index in [0.717, 1.165) is 83.3 Å². The predicted molar refractivity (Wildman–Crippen MR) is 363 cm³/mol. The van der Waals surface area contributed by atoms with Crippen LogP contribution in [-0.4, -0.2) is 63.4 Å². The van der Waals surface area contributed by atoms with Gasteiger partial charge >= 0.3 is 0 Å². The number of nitrogen functional groups attached to an aromatic ring is 1. The number of rotatable bonds is 46. The lowest BCUT2D eigenvalue weighted by molar-refractivity contribution is 0.416. The number of nitrogens with zero attached hydrogens (tertiary/aromatic N) is 84. The van der Waals surface area contributed by atoms with Crippen LogP contribution in [0.15, 0.2) is 451 Å². The summed E-state index contributed by atoms with van der Waals surface area (Å²) >= 11 is 0. The molecule has 1 aliphatic rings. The quantitative estimate of drug-likeness (QED) is 0.0125. The lowest BCUT2D eigenvalue weighted by Crippen LogP contribution is -2.29. The largest absolute Gasteiger partial charge is 0.397 e. The van der Waals surface area contributed by atoms with Gasteiger partial charge in [-0.1, -0.05) is 23.4 Å². The number of aromatic nitrogens is 5. The van der Waals surface area contributed by atoms with E-state index in [0.29, 0.717) is 5.95 Å². The van der Waals surface area contributed by atoms with E-state index in [4.69, 9.17) is 21.2 Å². The molecule has 0 saturated heterocycles. The van der Waals surface area contributed by atoms with Crippen LogP contribution in [0, 0.1) is 19.4 Å². The fourth-order valence-corrected chi connectivity index (χ4v) is 7.26. The number of anilines is 4. The van der Waals surface area contributed by atoms with E-state index in [1.807, 2.05) is 30.9 Å². The average molecular weight is 1660 g/mol. The van der Waals surface area contributed by atoms with Gasteiger partial charge in [0.1, 0.15) is 0 Å². The number of hydrogen-bond acceptors (Lipinski definition) is 9. The molecule has 6 N–H and O–H groups in total. The van der Waals surface area contributed by atoms with Crippen LogP contribution in [0.4, 0.5) is 23.0 Å². The Morgan fingerprint density at radius 2 is 0.742 bits per heavy atom. The molecule has 3 aromatic heterocycles. The summed E-state index contributed by atoms with van der Waals surface area (Å²) in [6.07, 6.45) is 6.42. The van der Waals surface area contributed by atoms with Crippen LogP contribution >= 0.6 is 0 Å². The summed E-state index contributed by atoms with van der Waals surface area (Å²) in [5.41, 5.74) is 24.1. The second kappa shape index (κ2) is 60.7. The summed E-state index contributed by atoms with van der Waals surface area (Å²) < 4.78 is 4.29. The molecule has 0 bridgehead atoms. The maximum absolute atomic E-state index is 6.54. The molecule has 0 atom stereocenters. The zero-order chi connectivity index (χ0) is 85.3. The number of para-hydroxylation sites is 1. The summed E-state index contributed by atoms with van der Waals surface area (Å²) in [5.74, 6) is 5.17. The molecule has 0 saturated carbocycles. The maximum atomic E-state index is 6.54. The van der Waals surface area contributed by atoms with E-state index < -0.39 is 0 Å². The monoisotopic (exact) mass is 1660 g/mol. The van der Waals surface area contributed by atoms with Crippen molar-refractivity contribution in [2.24, 2.45) is 415 Å². The first-order chi connectivity index (χ1) is 59.1. The van der Waals surface area contributed by atoms with Gasteiger partial charge in [0.25, 0.3) is 0 Å². The van der Waals surface area contributed by atoms with Crippen molar-refractivity contribution in [3.05, 3.63) is 65.6 Å². The zero-order valence-electron chi connectivity index (χ0n) is 60.4. The van der Waals surface area contributed by atoms with Gasteiger partial charge in [-0.05, 0) is 148 Å². The highest BCUT2D eigenvalue weighted by Crippen LogP contribution is 2.40. The molecule has 2 aromatic carbocycles. The van der Waals surface area contributed by atoms with Gasteiger partial charge in [0.05, 0.1) is 34.0 Å². The standard InChI is InChI=1S/C32H39N9.H3N79/c1-20-15-29(39(5)14-13-38(3)4)26(33)17-27(20)35-32-34-18-24(28-16-21(2)37-40(28)6)30(36-32)25-19-41-12-8-10-22-9-7-11-23(25)31(22)41;1-3-5-7-9-11-13-15-17-19-21-23-25-27-29-31-33-35-37-39-41-43-45-47-49-51-53-55-57-59-61-63-65-67-69-71-73-75-77-79-78-76-74-72-70-68-66-64-62-60-58-56-54-52-50-48-46-44-42-40-38-36-34-32-30-28-26-24-22-20-18-16-14-12-10-8-6-4-2/h7,9,11,15-19H,8,10,12-14,33H2,1-6H3,(H,34,35,36);(H3,1,2,5,6,9,10,13,14,17,18,21,22,25,26,29,30,33,34,37,38,41,42,45,46,49,50,53,54,57,58,61,62,65,66,69,70,73,74,77,78). The number of nitrogens with one attached hydrogen (secondary N) is 2. The Morgan fingerprint density at radius 1 is 0.417 bits per heavy atom. The van der Waals surface area contributed by atoms with E-state index in [-0.39, 0.29) is 0 Å². The molecule has 0 fully saturated rings. The normalized spacial score (nSPS) is 14.6. The van der Waals surface area contributed by atoms with E-state index in [1.165, 1.54) is 16.5 Å². The average Bonchev–Trinajstić information content (AvgIpc) is 1.59. The van der Waals surface area contributed by atoms with Crippen molar-refractivity contribution < 1.29 is 0 Å². The van der Waals surface area contributed by atoms with Crippen molar-refractivity contribution in [3.8, 4) is 22.5 Å². The molecule has 88 heteroatoms. The van der Waals surface area contributed by atoms with E-state index in [9.17, 15) is 0 Å². The van der Waals surface area contributed by atoms with Gasteiger partial charge in [-0.3, -0.25) is 4.68 Å². The third-order valence-electron chi connectivity index (χ3n) is 11.1. The van der Waals surface area contributed by atoms with Gasteiger partial charge in [-0.15, -0.1) is 0 Å². The fraction of sp³-hybridized carbons (Fsp3) is 0.344. The van der Waals surface area contributed by atoms with Gasteiger partial charge in [0.15, 0.2) is 0 Å². The van der Waals surface area contributed by atoms with Gasteiger partial charge in [-0.2, -0.15) is 10.6 Å². The van der Waals surface area contributed by atoms with Crippen LogP contribution in [-0.2, 0) is 20.0 Å². The second-order valence-electron chi connectivity index (χ2n) is 18.4. The highest BCUT2D eigenvalue weighted by molar-refractivity contribution is 6.00. The van der Waals surface area contributed by atoms with Crippen LogP contribution in [0.3, 0.4) is 0 Å². The molecule has 0 aliphatic carbocycles. The first kappa shape index (κ1) is 90.4. The molecule has 0 amide bonds. The minimum absolute atomic E-state index is 0.533. The smallest absolute Gasteiger partial charge is 0.227 e. The third-order valence-corrected chi connectivity index (χ3v) is 11.1. The van der Waals surface area contributed by atoms with Gasteiger partial charge in [0.2, 0.25) is 5.95 Å². The summed E-state index contributed by atoms with van der Waals surface area (Å²) in [7, 11) is 8.20. The Morgan fingerprint density at radius 3 is 1.04 bits per heavy atom. The van der Waals surface area contributed by atoms with Crippen LogP contribution in [0.2, 0.25) is 0 Å². The molecule has 1 aliphatic heterocycles. The highest BCUT2D eigenvalue weighted by atomic mass is 15.8. The maximum Gasteiger partial charge on any atom is 0.227 e. The first-order valence-electron chi connectivity index (χ1n) is 29.9. The Bertz CT molecular complexity index is 5210. The predicted octanol–water partition coefficient (Wildman–Crippen LogP) is 19.2. The summed E-state index contributed by atoms with van der Waals surface area (Å²) in [6.45, 7) is 6.95. The van der Waals surface area contributed by atoms with Crippen LogP contribution in [0.25, 0.3) is 33.4 Å². The Balaban J connectivity index is 0.000000514. The fourth-order valence-electron chi connectivity index (χ4n) is 7.26. The molecule has 5 aromatic rings. The Labute approximate surface area is 654 Å². The molecule has 88 nitrogen and oxygen atoms in total. The minimum atomic E-state index is 0.533. The van der Waals surface area contributed by atoms with Crippen molar-refractivity contribution >= 4 is 33.9 Å². The number of likely N-dealkylation sites (N-methyl/N-ethyl adjacent to an activating group) is 2. The molecule has 4 heterocycles. The van der Waals surface area contributed by atoms with Crippen molar-refractivity contribution in [2.45, 2.75) is 33.2 Å². The van der Waals surface area contributed by atoms with Crippen molar-refractivity contribution in [2.75, 3.05) is 50.2 Å². The van der Waals surface area contributed by atoms with Gasteiger partial charge in [-0.25, -0.2) is 9.97 Å². The van der Waals surface area contributed by atoms with Crippen LogP contribution < -0.4 is 21.8 Å². The molecule has 120 heavy (non-hydrogen) atoms. The third kappa shape index (κ3) is 40.9. The summed E-state index contributed by atoms with van der Waals surface area (Å²) in [6, 6.07) is 12.8. The number of aryl methyl sites for hydroxylation is 5. The lowest BCUT2D eigenvalue weighted by atomic mass is 10.00. The summed E-state index contributed by atoms with van der Waals surface area (Å²) in [5, 5.41) is 238. The molecular formula is C32H42N88. The zero-order valence-corrected chi connectivity index (χ0v) is 60.4. The second-order valence-corrected chi connectivity index (χ2v) is 18.4. The van der Waals surface area contributed by atoms with Crippen molar-refractivity contribution in [1.82, 2.24) is 29.2 Å². The number of hydrogen-bond donors (Lipinski definition) is 4. The topological polar surface area (TPSA) is 1090 Å². The highest BCUT2D eigenvalue weighted by Gasteiger charge is 2.23. The van der Waals surface area contributed by atoms with E-state index in [2.05, 4.69) is 497 Å². The molecule has 6 rings (SSSR count). The number of benzene rings is 2. The Hall–Kier alpha value is -20.2. The van der Waals surface area contributed by atoms with Crippen molar-refractivity contribution in [3.63, 3.8) is 0 Å². The van der Waals surface area contributed by atoms with Gasteiger partial charge < -0.3 is 31.3 Å².